The van der Waals surface area contributed by atoms with Crippen LogP contribution in [-0.2, 0) is 4.79 Å². The third-order valence-corrected chi connectivity index (χ3v) is 1.90. The van der Waals surface area contributed by atoms with Gasteiger partial charge >= 0.3 is 0 Å². The van der Waals surface area contributed by atoms with Gasteiger partial charge in [-0.15, -0.1) is 0 Å². The fourth-order valence-corrected chi connectivity index (χ4v) is 1.25. The van der Waals surface area contributed by atoms with E-state index in [1.54, 1.807) is 4.90 Å². The molecule has 0 aliphatic rings. The Hall–Kier alpha value is -1.31. The first-order valence-electron chi connectivity index (χ1n) is 4.44. The zero-order valence-corrected chi connectivity index (χ0v) is 7.86. The summed E-state index contributed by atoms with van der Waals surface area (Å²) in [4.78, 5) is 13.1. The van der Waals surface area contributed by atoms with Crippen molar-refractivity contribution in [2.45, 2.75) is 13.3 Å². The number of carbonyl (C=O) groups is 1. The molecule has 0 saturated heterocycles. The van der Waals surface area contributed by atoms with Crippen LogP contribution in [0.5, 0.6) is 0 Å². The van der Waals surface area contributed by atoms with Gasteiger partial charge in [-0.05, 0) is 26.0 Å². The molecule has 0 atom stereocenters. The Bertz CT molecular complexity index is 269. The van der Waals surface area contributed by atoms with Gasteiger partial charge in [0.25, 0.3) is 0 Å². The second-order valence-corrected chi connectivity index (χ2v) is 2.72. The normalized spacial score (nSPS) is 9.69. The summed E-state index contributed by atoms with van der Waals surface area (Å²) in [7, 11) is 0. The smallest absolute Gasteiger partial charge is 0.226 e. The van der Waals surface area contributed by atoms with Gasteiger partial charge in [-0.25, -0.2) is 0 Å². The molecule has 13 heavy (non-hydrogen) atoms. The van der Waals surface area contributed by atoms with E-state index in [2.05, 4.69) is 6.92 Å². The summed E-state index contributed by atoms with van der Waals surface area (Å²) in [6.45, 7) is 6.24. The van der Waals surface area contributed by atoms with E-state index in [0.29, 0.717) is 13.0 Å². The first kappa shape index (κ1) is 9.78. The van der Waals surface area contributed by atoms with E-state index in [9.17, 15) is 4.79 Å². The lowest BCUT2D eigenvalue weighted by Crippen LogP contribution is -2.29. The van der Waals surface area contributed by atoms with Gasteiger partial charge in [-0.1, -0.05) is 18.2 Å². The van der Waals surface area contributed by atoms with Crippen LogP contribution in [0.2, 0.25) is 0 Å². The molecule has 2 heteroatoms. The summed E-state index contributed by atoms with van der Waals surface area (Å²) in [6, 6.07) is 9.64. The zero-order valence-electron chi connectivity index (χ0n) is 7.86. The Morgan fingerprint density at radius 3 is 2.46 bits per heavy atom. The SMILES string of the molecule is [CH2]CC(=O)N(CC)c1ccccc1. The van der Waals surface area contributed by atoms with Gasteiger partial charge in [0.1, 0.15) is 0 Å². The monoisotopic (exact) mass is 176 g/mol. The van der Waals surface area contributed by atoms with E-state index in [1.165, 1.54) is 0 Å². The second kappa shape index (κ2) is 4.65. The van der Waals surface area contributed by atoms with Crippen molar-refractivity contribution in [1.82, 2.24) is 0 Å². The summed E-state index contributed by atoms with van der Waals surface area (Å²) in [5.74, 6) is 0.0636. The molecule has 0 saturated carbocycles. The maximum Gasteiger partial charge on any atom is 0.226 e. The molecule has 0 heterocycles. The minimum Gasteiger partial charge on any atom is -0.313 e. The van der Waals surface area contributed by atoms with Crippen LogP contribution >= 0.6 is 0 Å². The molecule has 1 rings (SSSR count). The molecule has 0 fully saturated rings. The van der Waals surface area contributed by atoms with Crippen LogP contribution in [0.1, 0.15) is 13.3 Å². The first-order chi connectivity index (χ1) is 6.29. The second-order valence-electron chi connectivity index (χ2n) is 2.72. The summed E-state index contributed by atoms with van der Waals surface area (Å²) in [6.07, 6.45) is 0.308. The van der Waals surface area contributed by atoms with Crippen molar-refractivity contribution in [3.8, 4) is 0 Å². The summed E-state index contributed by atoms with van der Waals surface area (Å²) >= 11 is 0. The number of rotatable bonds is 3. The van der Waals surface area contributed by atoms with Crippen LogP contribution in [0.15, 0.2) is 30.3 Å². The highest BCUT2D eigenvalue weighted by molar-refractivity contribution is 5.93. The van der Waals surface area contributed by atoms with Crippen molar-refractivity contribution in [3.63, 3.8) is 0 Å². The van der Waals surface area contributed by atoms with Crippen molar-refractivity contribution in [3.05, 3.63) is 37.3 Å². The predicted molar refractivity (Wildman–Crippen MR) is 54.4 cm³/mol. The molecule has 1 radical (unpaired) electrons. The van der Waals surface area contributed by atoms with E-state index >= 15 is 0 Å². The van der Waals surface area contributed by atoms with Crippen LogP contribution in [0, 0.1) is 6.92 Å². The summed E-state index contributed by atoms with van der Waals surface area (Å²) in [5, 5.41) is 0. The van der Waals surface area contributed by atoms with Gasteiger partial charge in [0.15, 0.2) is 0 Å². The van der Waals surface area contributed by atoms with E-state index in [1.807, 2.05) is 37.3 Å². The average Bonchev–Trinajstić information content (AvgIpc) is 2.20. The highest BCUT2D eigenvalue weighted by Crippen LogP contribution is 2.13. The summed E-state index contributed by atoms with van der Waals surface area (Å²) in [5.41, 5.74) is 0.943. The molecule has 0 bridgehead atoms. The molecule has 69 valence electrons. The number of hydrogen-bond acceptors (Lipinski definition) is 1. The Labute approximate surface area is 79.2 Å². The van der Waals surface area contributed by atoms with E-state index < -0.39 is 0 Å². The number of nitrogens with zero attached hydrogens (tertiary/aromatic N) is 1. The number of anilines is 1. The van der Waals surface area contributed by atoms with Gasteiger partial charge in [0, 0.05) is 18.7 Å². The van der Waals surface area contributed by atoms with Gasteiger partial charge in [0.05, 0.1) is 0 Å². The number of amides is 1. The standard InChI is InChI=1S/C11H14NO/c1-3-11(13)12(4-2)10-8-6-5-7-9-10/h5-9H,1,3-4H2,2H3. The van der Waals surface area contributed by atoms with Crippen molar-refractivity contribution in [2.24, 2.45) is 0 Å². The molecule has 1 amide bonds. The molecule has 0 spiro atoms. The minimum absolute atomic E-state index is 0.0636. The molecule has 0 aliphatic heterocycles. The van der Waals surface area contributed by atoms with Crippen LogP contribution < -0.4 is 4.90 Å². The molecule has 0 aliphatic carbocycles. The summed E-state index contributed by atoms with van der Waals surface area (Å²) < 4.78 is 0. The Kier molecular flexibility index (Phi) is 3.50. The highest BCUT2D eigenvalue weighted by Gasteiger charge is 2.09. The predicted octanol–water partition coefficient (Wildman–Crippen LogP) is 2.26. The minimum atomic E-state index is 0.0636. The first-order valence-corrected chi connectivity index (χ1v) is 4.44. The number of carbonyl (C=O) groups excluding carboxylic acids is 1. The number of para-hydroxylation sites is 1. The third-order valence-electron chi connectivity index (χ3n) is 1.90. The lowest BCUT2D eigenvalue weighted by Gasteiger charge is -2.19. The van der Waals surface area contributed by atoms with E-state index in [0.717, 1.165) is 5.69 Å². The lowest BCUT2D eigenvalue weighted by atomic mass is 10.2. The molecule has 0 aromatic heterocycles. The molecule has 2 nitrogen and oxygen atoms in total. The third kappa shape index (κ3) is 2.31. The van der Waals surface area contributed by atoms with Crippen LogP contribution in [0.3, 0.4) is 0 Å². The fourth-order valence-electron chi connectivity index (χ4n) is 1.25. The largest absolute Gasteiger partial charge is 0.313 e. The van der Waals surface area contributed by atoms with Crippen LogP contribution in [0.4, 0.5) is 5.69 Å². The molecule has 1 aromatic rings. The fraction of sp³-hybridized carbons (Fsp3) is 0.273. The van der Waals surface area contributed by atoms with E-state index in [4.69, 9.17) is 0 Å². The van der Waals surface area contributed by atoms with Crippen molar-refractivity contribution in [1.29, 1.82) is 0 Å². The number of hydrogen-bond donors (Lipinski definition) is 0. The van der Waals surface area contributed by atoms with Crippen LogP contribution in [-0.4, -0.2) is 12.5 Å². The Morgan fingerprint density at radius 1 is 1.38 bits per heavy atom. The average molecular weight is 176 g/mol. The quantitative estimate of drug-likeness (QED) is 0.691. The highest BCUT2D eigenvalue weighted by atomic mass is 16.2. The zero-order chi connectivity index (χ0) is 9.68. The maximum absolute atomic E-state index is 11.4. The Morgan fingerprint density at radius 2 is 2.00 bits per heavy atom. The lowest BCUT2D eigenvalue weighted by molar-refractivity contribution is -0.117. The maximum atomic E-state index is 11.4. The van der Waals surface area contributed by atoms with Crippen molar-refractivity contribution < 1.29 is 4.79 Å². The van der Waals surface area contributed by atoms with Crippen molar-refractivity contribution in [2.75, 3.05) is 11.4 Å². The number of benzene rings is 1. The topological polar surface area (TPSA) is 20.3 Å². The van der Waals surface area contributed by atoms with Gasteiger partial charge < -0.3 is 4.90 Å². The van der Waals surface area contributed by atoms with Gasteiger partial charge in [-0.3, -0.25) is 4.79 Å². The van der Waals surface area contributed by atoms with E-state index in [-0.39, 0.29) is 5.91 Å². The van der Waals surface area contributed by atoms with Gasteiger partial charge in [-0.2, -0.15) is 0 Å². The molecular formula is C11H14NO. The van der Waals surface area contributed by atoms with Gasteiger partial charge in [0.2, 0.25) is 5.91 Å². The molecule has 0 N–H and O–H groups in total. The van der Waals surface area contributed by atoms with Crippen molar-refractivity contribution >= 4 is 11.6 Å². The molecule has 0 unspecified atom stereocenters. The Balaban J connectivity index is 2.85. The van der Waals surface area contributed by atoms with Crippen LogP contribution in [0.25, 0.3) is 0 Å². The molecular weight excluding hydrogens is 162 g/mol. The molecule has 1 aromatic carbocycles.